The summed E-state index contributed by atoms with van der Waals surface area (Å²) >= 11 is 0. The molecule has 0 aliphatic carbocycles. The first-order valence-corrected chi connectivity index (χ1v) is 6.75. The summed E-state index contributed by atoms with van der Waals surface area (Å²) in [5.74, 6) is 0.756. The molecule has 2 rings (SSSR count). The summed E-state index contributed by atoms with van der Waals surface area (Å²) in [6.07, 6.45) is 4.02. The van der Waals surface area contributed by atoms with E-state index < -0.39 is 0 Å². The van der Waals surface area contributed by atoms with E-state index in [0.29, 0.717) is 6.04 Å². The van der Waals surface area contributed by atoms with E-state index in [2.05, 4.69) is 53.7 Å². The van der Waals surface area contributed by atoms with Crippen LogP contribution in [-0.4, -0.2) is 26.2 Å². The lowest BCUT2D eigenvalue weighted by Crippen LogP contribution is -2.15. The van der Waals surface area contributed by atoms with Crippen LogP contribution in [0.4, 0.5) is 5.69 Å². The van der Waals surface area contributed by atoms with Crippen LogP contribution >= 0.6 is 0 Å². The topological polar surface area (TPSA) is 55.6 Å². The zero-order valence-electron chi connectivity index (χ0n) is 11.7. The van der Waals surface area contributed by atoms with Gasteiger partial charge in [0.1, 0.15) is 6.33 Å². The minimum atomic E-state index is 0.487. The number of nitrogens with one attached hydrogen (secondary N) is 1. The molecule has 1 unspecified atom stereocenters. The summed E-state index contributed by atoms with van der Waals surface area (Å²) < 4.78 is 1.64. The van der Waals surface area contributed by atoms with Crippen molar-refractivity contribution in [3.05, 3.63) is 30.6 Å². The van der Waals surface area contributed by atoms with E-state index in [1.54, 1.807) is 11.0 Å². The Balaban J connectivity index is 1.92. The molecule has 0 saturated heterocycles. The van der Waals surface area contributed by atoms with Crippen molar-refractivity contribution in [1.82, 2.24) is 20.2 Å². The summed E-state index contributed by atoms with van der Waals surface area (Å²) in [5.41, 5.74) is 2.10. The van der Waals surface area contributed by atoms with Crippen molar-refractivity contribution >= 4 is 5.69 Å². The highest BCUT2D eigenvalue weighted by atomic mass is 15.5. The van der Waals surface area contributed by atoms with Gasteiger partial charge in [-0.1, -0.05) is 13.8 Å². The first-order chi connectivity index (χ1) is 9.15. The van der Waals surface area contributed by atoms with Crippen LogP contribution < -0.4 is 5.32 Å². The maximum atomic E-state index is 3.86. The van der Waals surface area contributed by atoms with Gasteiger partial charge >= 0.3 is 0 Å². The quantitative estimate of drug-likeness (QED) is 0.866. The Bertz CT molecular complexity index is 475. The van der Waals surface area contributed by atoms with Crippen LogP contribution in [0.25, 0.3) is 5.69 Å². The Morgan fingerprint density at radius 2 is 1.84 bits per heavy atom. The minimum Gasteiger partial charge on any atom is -0.383 e. The molecule has 0 fully saturated rings. The van der Waals surface area contributed by atoms with Gasteiger partial charge in [0.15, 0.2) is 0 Å². The van der Waals surface area contributed by atoms with E-state index in [1.807, 2.05) is 12.1 Å². The van der Waals surface area contributed by atoms with Crippen molar-refractivity contribution in [1.29, 1.82) is 0 Å². The Hall–Kier alpha value is -1.91. The molecule has 19 heavy (non-hydrogen) atoms. The molecule has 1 N–H and O–H groups in total. The molecular formula is C14H21N5. The fraction of sp³-hybridized carbons (Fsp3) is 0.500. The van der Waals surface area contributed by atoms with Crippen LogP contribution in [0.2, 0.25) is 0 Å². The van der Waals surface area contributed by atoms with Gasteiger partial charge in [0.25, 0.3) is 0 Å². The van der Waals surface area contributed by atoms with Crippen molar-refractivity contribution in [2.75, 3.05) is 5.32 Å². The van der Waals surface area contributed by atoms with Gasteiger partial charge < -0.3 is 5.32 Å². The third-order valence-corrected chi connectivity index (χ3v) is 3.07. The predicted molar refractivity (Wildman–Crippen MR) is 76.3 cm³/mol. The average Bonchev–Trinajstić information content (AvgIpc) is 2.91. The van der Waals surface area contributed by atoms with Gasteiger partial charge in [-0.3, -0.25) is 0 Å². The van der Waals surface area contributed by atoms with E-state index in [4.69, 9.17) is 0 Å². The van der Waals surface area contributed by atoms with E-state index in [0.717, 1.165) is 17.3 Å². The summed E-state index contributed by atoms with van der Waals surface area (Å²) in [7, 11) is 0. The van der Waals surface area contributed by atoms with Gasteiger partial charge in [0.05, 0.1) is 5.69 Å². The fourth-order valence-electron chi connectivity index (χ4n) is 1.93. The van der Waals surface area contributed by atoms with Crippen LogP contribution in [-0.2, 0) is 0 Å². The molecule has 0 aliphatic heterocycles. The second-order valence-electron chi connectivity index (χ2n) is 5.32. The monoisotopic (exact) mass is 259 g/mol. The summed E-state index contributed by atoms with van der Waals surface area (Å²) in [5, 5.41) is 14.6. The number of hydrogen-bond acceptors (Lipinski definition) is 4. The zero-order valence-corrected chi connectivity index (χ0v) is 11.7. The molecule has 1 atom stereocenters. The van der Waals surface area contributed by atoms with Gasteiger partial charge in [0, 0.05) is 11.7 Å². The summed E-state index contributed by atoms with van der Waals surface area (Å²) in [6.45, 7) is 6.74. The Kier molecular flexibility index (Phi) is 4.49. The SMILES string of the molecule is CC(C)CCC(C)Nc1ccc(-n2cnnn2)cc1. The molecule has 0 bridgehead atoms. The Morgan fingerprint density at radius 3 is 2.42 bits per heavy atom. The molecule has 5 nitrogen and oxygen atoms in total. The van der Waals surface area contributed by atoms with Crippen molar-refractivity contribution in [2.45, 2.75) is 39.7 Å². The van der Waals surface area contributed by atoms with Crippen LogP contribution in [0, 0.1) is 5.92 Å². The third kappa shape index (κ3) is 4.05. The maximum absolute atomic E-state index is 3.86. The number of hydrogen-bond donors (Lipinski definition) is 1. The Morgan fingerprint density at radius 1 is 1.11 bits per heavy atom. The molecule has 1 heterocycles. The molecule has 0 aliphatic rings. The van der Waals surface area contributed by atoms with Crippen molar-refractivity contribution in [3.8, 4) is 5.69 Å². The van der Waals surface area contributed by atoms with E-state index >= 15 is 0 Å². The van der Waals surface area contributed by atoms with Crippen LogP contribution in [0.3, 0.4) is 0 Å². The van der Waals surface area contributed by atoms with Gasteiger partial charge in [-0.05, 0) is 60.4 Å². The van der Waals surface area contributed by atoms with Crippen molar-refractivity contribution in [2.24, 2.45) is 5.92 Å². The van der Waals surface area contributed by atoms with Gasteiger partial charge in [-0.25, -0.2) is 4.68 Å². The number of aromatic nitrogens is 4. The number of rotatable bonds is 6. The fourth-order valence-corrected chi connectivity index (χ4v) is 1.93. The third-order valence-electron chi connectivity index (χ3n) is 3.07. The molecule has 1 aromatic heterocycles. The molecule has 1 aromatic carbocycles. The molecule has 102 valence electrons. The smallest absolute Gasteiger partial charge is 0.143 e. The molecule has 5 heteroatoms. The predicted octanol–water partition coefficient (Wildman–Crippen LogP) is 2.90. The van der Waals surface area contributed by atoms with Crippen LogP contribution in [0.15, 0.2) is 30.6 Å². The van der Waals surface area contributed by atoms with Crippen LogP contribution in [0.5, 0.6) is 0 Å². The molecule has 2 aromatic rings. The zero-order chi connectivity index (χ0) is 13.7. The number of nitrogens with zero attached hydrogens (tertiary/aromatic N) is 4. The van der Waals surface area contributed by atoms with E-state index in [1.165, 1.54) is 12.8 Å². The van der Waals surface area contributed by atoms with Gasteiger partial charge in [-0.15, -0.1) is 5.10 Å². The standard InChI is InChI=1S/C14H21N5/c1-11(2)4-5-12(3)16-13-6-8-14(9-7-13)19-10-15-17-18-19/h6-12,16H,4-5H2,1-3H3. The first kappa shape index (κ1) is 13.5. The molecule has 0 radical (unpaired) electrons. The number of anilines is 1. The maximum Gasteiger partial charge on any atom is 0.143 e. The molecular weight excluding hydrogens is 238 g/mol. The van der Waals surface area contributed by atoms with Crippen LogP contribution in [0.1, 0.15) is 33.6 Å². The number of benzene rings is 1. The van der Waals surface area contributed by atoms with E-state index in [9.17, 15) is 0 Å². The van der Waals surface area contributed by atoms with Gasteiger partial charge in [0.2, 0.25) is 0 Å². The second-order valence-corrected chi connectivity index (χ2v) is 5.32. The average molecular weight is 259 g/mol. The summed E-state index contributed by atoms with van der Waals surface area (Å²) in [6, 6.07) is 8.62. The lowest BCUT2D eigenvalue weighted by molar-refractivity contribution is 0.528. The second kappa shape index (κ2) is 6.31. The largest absolute Gasteiger partial charge is 0.383 e. The van der Waals surface area contributed by atoms with Crippen molar-refractivity contribution < 1.29 is 0 Å². The summed E-state index contributed by atoms with van der Waals surface area (Å²) in [4.78, 5) is 0. The lowest BCUT2D eigenvalue weighted by atomic mass is 10.0. The Labute approximate surface area is 114 Å². The van der Waals surface area contributed by atoms with Gasteiger partial charge in [-0.2, -0.15) is 0 Å². The first-order valence-electron chi connectivity index (χ1n) is 6.75. The molecule has 0 amide bonds. The highest BCUT2D eigenvalue weighted by molar-refractivity contribution is 5.48. The molecule has 0 spiro atoms. The van der Waals surface area contributed by atoms with Crippen molar-refractivity contribution in [3.63, 3.8) is 0 Å². The van der Waals surface area contributed by atoms with E-state index in [-0.39, 0.29) is 0 Å². The highest BCUT2D eigenvalue weighted by Crippen LogP contribution is 2.15. The molecule has 0 saturated carbocycles. The number of tetrazole rings is 1. The lowest BCUT2D eigenvalue weighted by Gasteiger charge is -2.16. The minimum absolute atomic E-state index is 0.487. The highest BCUT2D eigenvalue weighted by Gasteiger charge is 2.04. The normalized spacial score (nSPS) is 12.6.